The van der Waals surface area contributed by atoms with Crippen molar-refractivity contribution in [3.63, 3.8) is 0 Å². The standard InChI is InChI=1S/C13H15O/c1-2-5-9-12(8-4-1)14-13-10-6-3-7-11-13/h3,6-8,10H,1-2,4-5,9H2. The molecule has 0 unspecified atom stereocenters. The number of para-hydroxylation sites is 1. The quantitative estimate of drug-likeness (QED) is 0.685. The molecule has 0 saturated carbocycles. The maximum Gasteiger partial charge on any atom is 0.134 e. The van der Waals surface area contributed by atoms with Crippen LogP contribution in [-0.2, 0) is 0 Å². The van der Waals surface area contributed by atoms with Gasteiger partial charge in [-0.25, -0.2) is 0 Å². The lowest BCUT2D eigenvalue weighted by molar-refractivity contribution is 0.399. The second kappa shape index (κ2) is 4.85. The predicted molar refractivity (Wildman–Crippen MR) is 57.1 cm³/mol. The minimum atomic E-state index is 0.834. The summed E-state index contributed by atoms with van der Waals surface area (Å²) in [5.41, 5.74) is 0. The molecule has 1 nitrogen and oxygen atoms in total. The van der Waals surface area contributed by atoms with Gasteiger partial charge in [0.1, 0.15) is 11.5 Å². The van der Waals surface area contributed by atoms with Crippen molar-refractivity contribution in [2.45, 2.75) is 32.1 Å². The molecule has 0 fully saturated rings. The second-order valence-corrected chi connectivity index (χ2v) is 3.60. The first kappa shape index (κ1) is 9.32. The number of allylic oxidation sites excluding steroid dienone is 2. The maximum atomic E-state index is 5.74. The van der Waals surface area contributed by atoms with Crippen LogP contribution >= 0.6 is 0 Å². The van der Waals surface area contributed by atoms with Crippen molar-refractivity contribution in [1.29, 1.82) is 0 Å². The fourth-order valence-corrected chi connectivity index (χ4v) is 1.66. The van der Waals surface area contributed by atoms with E-state index < -0.39 is 0 Å². The molecule has 14 heavy (non-hydrogen) atoms. The lowest BCUT2D eigenvalue weighted by Gasteiger charge is -2.07. The molecule has 1 aromatic carbocycles. The molecule has 73 valence electrons. The van der Waals surface area contributed by atoms with Gasteiger partial charge in [-0.3, -0.25) is 0 Å². The van der Waals surface area contributed by atoms with Crippen molar-refractivity contribution in [1.82, 2.24) is 0 Å². The average Bonchev–Trinajstić information content (AvgIpc) is 2.48. The van der Waals surface area contributed by atoms with Gasteiger partial charge in [0.2, 0.25) is 0 Å². The molecule has 0 amide bonds. The highest BCUT2D eigenvalue weighted by atomic mass is 16.5. The van der Waals surface area contributed by atoms with Gasteiger partial charge in [0.25, 0.3) is 0 Å². The summed E-state index contributed by atoms with van der Waals surface area (Å²) in [6, 6.07) is 10.8. The average molecular weight is 187 g/mol. The van der Waals surface area contributed by atoms with E-state index in [1.54, 1.807) is 0 Å². The van der Waals surface area contributed by atoms with E-state index in [0.29, 0.717) is 0 Å². The van der Waals surface area contributed by atoms with Gasteiger partial charge in [-0.2, -0.15) is 0 Å². The summed E-state index contributed by atoms with van der Waals surface area (Å²) in [6.45, 7) is 0. The predicted octanol–water partition coefficient (Wildman–Crippen LogP) is 3.71. The zero-order valence-electron chi connectivity index (χ0n) is 8.33. The van der Waals surface area contributed by atoms with E-state index in [0.717, 1.165) is 24.4 Å². The van der Waals surface area contributed by atoms with E-state index in [9.17, 15) is 0 Å². The summed E-state index contributed by atoms with van der Waals surface area (Å²) in [6.07, 6.45) is 8.31. The molecule has 2 rings (SSSR count). The maximum absolute atomic E-state index is 5.74. The topological polar surface area (TPSA) is 9.23 Å². The fourth-order valence-electron chi connectivity index (χ4n) is 1.66. The molecule has 1 aliphatic carbocycles. The van der Waals surface area contributed by atoms with Gasteiger partial charge in [0, 0.05) is 12.5 Å². The molecule has 0 aliphatic heterocycles. The highest BCUT2D eigenvalue weighted by Crippen LogP contribution is 2.20. The Hall–Kier alpha value is -1.24. The number of ether oxygens (including phenoxy) is 1. The molecule has 1 heteroatoms. The summed E-state index contributed by atoms with van der Waals surface area (Å²) >= 11 is 0. The van der Waals surface area contributed by atoms with Crippen LogP contribution in [-0.4, -0.2) is 0 Å². The first-order valence-corrected chi connectivity index (χ1v) is 5.29. The molecule has 0 heterocycles. The van der Waals surface area contributed by atoms with Crippen molar-refractivity contribution >= 4 is 0 Å². The van der Waals surface area contributed by atoms with Crippen LogP contribution in [0.3, 0.4) is 0 Å². The highest BCUT2D eigenvalue weighted by molar-refractivity contribution is 5.22. The van der Waals surface area contributed by atoms with Gasteiger partial charge in [-0.05, 0) is 31.4 Å². The summed E-state index contributed by atoms with van der Waals surface area (Å²) in [7, 11) is 0. The minimum absolute atomic E-state index is 0.834. The van der Waals surface area contributed by atoms with Crippen molar-refractivity contribution in [3.8, 4) is 5.75 Å². The van der Waals surface area contributed by atoms with Crippen molar-refractivity contribution < 1.29 is 4.74 Å². The van der Waals surface area contributed by atoms with E-state index in [1.165, 1.54) is 19.3 Å². The zero-order chi connectivity index (χ0) is 9.64. The molecule has 0 saturated heterocycles. The molecular formula is C13H15O. The Morgan fingerprint density at radius 2 is 2.14 bits per heavy atom. The Kier molecular flexibility index (Phi) is 3.23. The van der Waals surface area contributed by atoms with Gasteiger partial charge in [0.05, 0.1) is 0 Å². The Bertz CT molecular complexity index is 300. The largest absolute Gasteiger partial charge is 0.461 e. The van der Waals surface area contributed by atoms with Crippen molar-refractivity contribution in [3.05, 3.63) is 42.2 Å². The molecule has 0 spiro atoms. The zero-order valence-corrected chi connectivity index (χ0v) is 8.33. The number of benzene rings is 1. The summed E-state index contributed by atoms with van der Waals surface area (Å²) < 4.78 is 5.74. The first-order valence-electron chi connectivity index (χ1n) is 5.29. The van der Waals surface area contributed by atoms with Gasteiger partial charge < -0.3 is 4.74 Å². The van der Waals surface area contributed by atoms with Crippen LogP contribution in [0.15, 0.2) is 36.1 Å². The van der Waals surface area contributed by atoms with Crippen molar-refractivity contribution in [2.24, 2.45) is 0 Å². The summed E-state index contributed by atoms with van der Waals surface area (Å²) in [4.78, 5) is 0. The molecule has 0 atom stereocenters. The van der Waals surface area contributed by atoms with Crippen LogP contribution < -0.4 is 4.74 Å². The van der Waals surface area contributed by atoms with Gasteiger partial charge in [0.15, 0.2) is 0 Å². The van der Waals surface area contributed by atoms with E-state index in [1.807, 2.05) is 24.3 Å². The molecule has 0 bridgehead atoms. The summed E-state index contributed by atoms with van der Waals surface area (Å²) in [5.74, 6) is 1.95. The molecular weight excluding hydrogens is 172 g/mol. The second-order valence-electron chi connectivity index (χ2n) is 3.60. The van der Waals surface area contributed by atoms with Gasteiger partial charge in [-0.15, -0.1) is 0 Å². The third kappa shape index (κ3) is 2.63. The van der Waals surface area contributed by atoms with E-state index in [2.05, 4.69) is 12.1 Å². The Morgan fingerprint density at radius 1 is 1.14 bits per heavy atom. The Labute approximate surface area is 85.4 Å². The van der Waals surface area contributed by atoms with Crippen LogP contribution in [0.4, 0.5) is 0 Å². The monoisotopic (exact) mass is 187 g/mol. The van der Waals surface area contributed by atoms with Crippen LogP contribution in [0.5, 0.6) is 5.75 Å². The number of hydrogen-bond donors (Lipinski definition) is 0. The molecule has 0 aromatic heterocycles. The van der Waals surface area contributed by atoms with Crippen molar-refractivity contribution in [2.75, 3.05) is 0 Å². The summed E-state index contributed by atoms with van der Waals surface area (Å²) in [5, 5.41) is 0. The first-order chi connectivity index (χ1) is 6.95. The molecule has 1 aliphatic rings. The number of hydrogen-bond acceptors (Lipinski definition) is 1. The van der Waals surface area contributed by atoms with Gasteiger partial charge >= 0.3 is 0 Å². The molecule has 1 radical (unpaired) electrons. The normalized spacial score (nSPS) is 17.0. The fraction of sp³-hybridized carbons (Fsp3) is 0.385. The van der Waals surface area contributed by atoms with Crippen LogP contribution in [0.25, 0.3) is 0 Å². The third-order valence-electron chi connectivity index (χ3n) is 2.42. The Morgan fingerprint density at radius 3 is 3.00 bits per heavy atom. The molecule has 0 N–H and O–H groups in total. The lowest BCUT2D eigenvalue weighted by Crippen LogP contribution is -1.94. The third-order valence-corrected chi connectivity index (χ3v) is 2.42. The van der Waals surface area contributed by atoms with Crippen LogP contribution in [0.1, 0.15) is 32.1 Å². The molecule has 1 aromatic rings. The SMILES string of the molecule is [c]1ccccc1OC1=CCCCCC1. The highest BCUT2D eigenvalue weighted by Gasteiger charge is 2.04. The number of rotatable bonds is 2. The minimum Gasteiger partial charge on any atom is -0.461 e. The Balaban J connectivity index is 1.99. The van der Waals surface area contributed by atoms with E-state index >= 15 is 0 Å². The van der Waals surface area contributed by atoms with Gasteiger partial charge in [-0.1, -0.05) is 24.6 Å². The van der Waals surface area contributed by atoms with E-state index in [-0.39, 0.29) is 0 Å². The lowest BCUT2D eigenvalue weighted by atomic mass is 10.2. The van der Waals surface area contributed by atoms with E-state index in [4.69, 9.17) is 4.74 Å². The smallest absolute Gasteiger partial charge is 0.134 e. The van der Waals surface area contributed by atoms with Crippen LogP contribution in [0, 0.1) is 6.07 Å². The van der Waals surface area contributed by atoms with Crippen LogP contribution in [0.2, 0.25) is 0 Å².